The van der Waals surface area contributed by atoms with Gasteiger partial charge in [0.2, 0.25) is 5.91 Å². The summed E-state index contributed by atoms with van der Waals surface area (Å²) in [4.78, 5) is 39.2. The van der Waals surface area contributed by atoms with Gasteiger partial charge in [-0.2, -0.15) is 5.10 Å². The number of rotatable bonds is 2. The zero-order chi connectivity index (χ0) is 21.3. The van der Waals surface area contributed by atoms with Gasteiger partial charge in [0, 0.05) is 31.1 Å². The lowest BCUT2D eigenvalue weighted by Crippen LogP contribution is -2.57. The van der Waals surface area contributed by atoms with Crippen molar-refractivity contribution < 1.29 is 14.4 Å². The van der Waals surface area contributed by atoms with Crippen molar-refractivity contribution in [1.29, 1.82) is 0 Å². The number of hydrogen-bond donors (Lipinski definition) is 3. The van der Waals surface area contributed by atoms with Crippen molar-refractivity contribution in [3.63, 3.8) is 0 Å². The standard InChI is InChI=1S/C20H32N6O3/c1-12-10-15(22-17(28)18(29)25-9-7-6-8-13(25)2)26(24-12)19-21-14(20(3,4)5)11-16(27)23-19/h10,13-14,19,21H,6-9,11H2,1-5H3,(H,22,28)(H,23,27). The predicted molar refractivity (Wildman–Crippen MR) is 109 cm³/mol. The molecule has 3 amide bonds. The molecule has 1 aromatic rings. The smallest absolute Gasteiger partial charge is 0.315 e. The van der Waals surface area contributed by atoms with Crippen LogP contribution in [0.25, 0.3) is 0 Å². The van der Waals surface area contributed by atoms with E-state index in [0.717, 1.165) is 19.3 Å². The van der Waals surface area contributed by atoms with Crippen molar-refractivity contribution in [3.05, 3.63) is 11.8 Å². The van der Waals surface area contributed by atoms with Gasteiger partial charge in [0.05, 0.1) is 5.69 Å². The number of aryl methyl sites for hydroxylation is 1. The molecular weight excluding hydrogens is 372 g/mol. The summed E-state index contributed by atoms with van der Waals surface area (Å²) in [5, 5.41) is 13.4. The molecular formula is C20H32N6O3. The van der Waals surface area contributed by atoms with Crippen molar-refractivity contribution in [2.24, 2.45) is 5.41 Å². The average Bonchev–Trinajstić information content (AvgIpc) is 3.00. The summed E-state index contributed by atoms with van der Waals surface area (Å²) in [7, 11) is 0. The molecule has 1 aromatic heterocycles. The lowest BCUT2D eigenvalue weighted by molar-refractivity contribution is -0.145. The topological polar surface area (TPSA) is 108 Å². The number of anilines is 1. The molecule has 0 aliphatic carbocycles. The molecule has 3 N–H and O–H groups in total. The third-order valence-corrected chi connectivity index (χ3v) is 5.69. The van der Waals surface area contributed by atoms with Gasteiger partial charge >= 0.3 is 11.8 Å². The van der Waals surface area contributed by atoms with Crippen LogP contribution in [0.5, 0.6) is 0 Å². The van der Waals surface area contributed by atoms with Crippen molar-refractivity contribution in [1.82, 2.24) is 25.3 Å². The fourth-order valence-electron chi connectivity index (χ4n) is 3.88. The molecule has 160 valence electrons. The van der Waals surface area contributed by atoms with Crippen LogP contribution in [0.15, 0.2) is 6.07 Å². The molecule has 0 saturated carbocycles. The number of likely N-dealkylation sites (tertiary alicyclic amines) is 1. The normalized spacial score (nSPS) is 25.5. The fourth-order valence-corrected chi connectivity index (χ4v) is 3.88. The van der Waals surface area contributed by atoms with Gasteiger partial charge in [0.15, 0.2) is 6.29 Å². The summed E-state index contributed by atoms with van der Waals surface area (Å²) in [5.74, 6) is -0.930. The maximum atomic E-state index is 12.6. The number of nitrogens with zero attached hydrogens (tertiary/aromatic N) is 3. The molecule has 3 rings (SSSR count). The molecule has 2 aliphatic heterocycles. The van der Waals surface area contributed by atoms with E-state index in [9.17, 15) is 14.4 Å². The minimum Gasteiger partial charge on any atom is -0.332 e. The first-order valence-corrected chi connectivity index (χ1v) is 10.3. The van der Waals surface area contributed by atoms with Gasteiger partial charge in [0.1, 0.15) is 5.82 Å². The Bertz CT molecular complexity index is 797. The highest BCUT2D eigenvalue weighted by Gasteiger charge is 2.36. The Morgan fingerprint density at radius 1 is 1.28 bits per heavy atom. The van der Waals surface area contributed by atoms with Gasteiger partial charge in [-0.25, -0.2) is 4.68 Å². The maximum absolute atomic E-state index is 12.6. The van der Waals surface area contributed by atoms with Crippen LogP contribution in [0.4, 0.5) is 5.82 Å². The molecule has 2 aliphatic rings. The molecule has 29 heavy (non-hydrogen) atoms. The zero-order valence-corrected chi connectivity index (χ0v) is 17.9. The van der Waals surface area contributed by atoms with Crippen molar-refractivity contribution in [2.75, 3.05) is 11.9 Å². The Hall–Kier alpha value is -2.42. The van der Waals surface area contributed by atoms with Crippen LogP contribution >= 0.6 is 0 Å². The highest BCUT2D eigenvalue weighted by atomic mass is 16.2. The Labute approximate surface area is 171 Å². The minimum atomic E-state index is -0.686. The van der Waals surface area contributed by atoms with Crippen molar-refractivity contribution in [3.8, 4) is 0 Å². The molecule has 0 bridgehead atoms. The SMILES string of the molecule is Cc1cc(NC(=O)C(=O)N2CCCCC2C)n(C2NC(=O)CC(C(C)(C)C)N2)n1. The number of nitrogens with one attached hydrogen (secondary N) is 3. The van der Waals surface area contributed by atoms with Crippen molar-refractivity contribution in [2.45, 2.75) is 78.7 Å². The molecule has 0 aromatic carbocycles. The van der Waals surface area contributed by atoms with Crippen LogP contribution in [-0.4, -0.2) is 51.0 Å². The first-order valence-electron chi connectivity index (χ1n) is 10.3. The van der Waals surface area contributed by atoms with E-state index in [-0.39, 0.29) is 23.4 Å². The van der Waals surface area contributed by atoms with Gasteiger partial charge in [-0.15, -0.1) is 0 Å². The third-order valence-electron chi connectivity index (χ3n) is 5.69. The van der Waals surface area contributed by atoms with E-state index in [1.165, 1.54) is 4.68 Å². The maximum Gasteiger partial charge on any atom is 0.315 e. The number of hydrogen-bond acceptors (Lipinski definition) is 5. The van der Waals surface area contributed by atoms with Crippen LogP contribution in [0, 0.1) is 12.3 Å². The highest BCUT2D eigenvalue weighted by molar-refractivity contribution is 6.39. The monoisotopic (exact) mass is 404 g/mol. The molecule has 3 heterocycles. The first-order chi connectivity index (χ1) is 13.6. The fraction of sp³-hybridized carbons (Fsp3) is 0.700. The molecule has 9 heteroatoms. The second-order valence-electron chi connectivity index (χ2n) is 9.17. The summed E-state index contributed by atoms with van der Waals surface area (Å²) < 4.78 is 1.52. The molecule has 3 unspecified atom stereocenters. The van der Waals surface area contributed by atoms with Crippen LogP contribution in [0.2, 0.25) is 0 Å². The second-order valence-corrected chi connectivity index (χ2v) is 9.17. The van der Waals surface area contributed by atoms with E-state index in [1.807, 2.05) is 6.92 Å². The van der Waals surface area contributed by atoms with E-state index >= 15 is 0 Å². The summed E-state index contributed by atoms with van der Waals surface area (Å²) in [6, 6.07) is 1.70. The van der Waals surface area contributed by atoms with E-state index in [2.05, 4.69) is 41.8 Å². The Morgan fingerprint density at radius 2 is 2.00 bits per heavy atom. The lowest BCUT2D eigenvalue weighted by Gasteiger charge is -2.39. The Kier molecular flexibility index (Phi) is 5.97. The minimum absolute atomic E-state index is 0.0508. The van der Waals surface area contributed by atoms with Gasteiger partial charge in [-0.05, 0) is 38.5 Å². The average molecular weight is 405 g/mol. The van der Waals surface area contributed by atoms with E-state index in [0.29, 0.717) is 24.5 Å². The van der Waals surface area contributed by atoms with Crippen molar-refractivity contribution >= 4 is 23.5 Å². The number of piperidine rings is 1. The molecule has 0 radical (unpaired) electrons. The van der Waals surface area contributed by atoms with Gasteiger partial charge in [-0.3, -0.25) is 19.7 Å². The Morgan fingerprint density at radius 3 is 2.66 bits per heavy atom. The molecule has 3 atom stereocenters. The molecule has 2 saturated heterocycles. The number of carbonyl (C=O) groups excluding carboxylic acids is 3. The molecule has 2 fully saturated rings. The molecule has 0 spiro atoms. The summed E-state index contributed by atoms with van der Waals surface area (Å²) in [6.45, 7) is 10.6. The second kappa shape index (κ2) is 8.14. The van der Waals surface area contributed by atoms with Crippen LogP contribution in [-0.2, 0) is 14.4 Å². The quantitative estimate of drug-likeness (QED) is 0.648. The van der Waals surface area contributed by atoms with E-state index < -0.39 is 18.1 Å². The number of aromatic nitrogens is 2. The molecule has 9 nitrogen and oxygen atoms in total. The first kappa shape index (κ1) is 21.3. The number of carbonyl (C=O) groups is 3. The van der Waals surface area contributed by atoms with Gasteiger partial charge < -0.3 is 15.5 Å². The summed E-state index contributed by atoms with van der Waals surface area (Å²) in [6.07, 6.45) is 2.65. The summed E-state index contributed by atoms with van der Waals surface area (Å²) >= 11 is 0. The van der Waals surface area contributed by atoms with E-state index in [4.69, 9.17) is 0 Å². The highest BCUT2D eigenvalue weighted by Crippen LogP contribution is 2.27. The number of amides is 3. The largest absolute Gasteiger partial charge is 0.332 e. The van der Waals surface area contributed by atoms with Gasteiger partial charge in [0.25, 0.3) is 0 Å². The predicted octanol–water partition coefficient (Wildman–Crippen LogP) is 1.51. The van der Waals surface area contributed by atoms with Crippen LogP contribution < -0.4 is 16.0 Å². The van der Waals surface area contributed by atoms with Gasteiger partial charge in [-0.1, -0.05) is 20.8 Å². The third kappa shape index (κ3) is 4.77. The summed E-state index contributed by atoms with van der Waals surface area (Å²) in [5.41, 5.74) is 0.551. The van der Waals surface area contributed by atoms with Crippen LogP contribution in [0.1, 0.15) is 65.4 Å². The van der Waals surface area contributed by atoms with Crippen LogP contribution in [0.3, 0.4) is 0 Å². The Balaban J connectivity index is 1.77. The zero-order valence-electron chi connectivity index (χ0n) is 17.9. The van der Waals surface area contributed by atoms with E-state index in [1.54, 1.807) is 17.9 Å². The lowest BCUT2D eigenvalue weighted by atomic mass is 9.84.